The molecule has 1 rings (SSSR count). The molecule has 1 aromatic carbocycles. The van der Waals surface area contributed by atoms with Crippen LogP contribution in [-0.2, 0) is 16.0 Å². The van der Waals surface area contributed by atoms with Crippen LogP contribution in [0.15, 0.2) is 42.0 Å². The van der Waals surface area contributed by atoms with Crippen molar-refractivity contribution in [3.05, 3.63) is 47.5 Å². The Morgan fingerprint density at radius 1 is 1.35 bits per heavy atom. The van der Waals surface area contributed by atoms with Crippen molar-refractivity contribution < 1.29 is 14.6 Å². The molecule has 0 atom stereocenters. The van der Waals surface area contributed by atoms with Gasteiger partial charge in [-0.1, -0.05) is 36.4 Å². The van der Waals surface area contributed by atoms with E-state index in [1.54, 1.807) is 0 Å². The van der Waals surface area contributed by atoms with Gasteiger partial charge in [0, 0.05) is 6.92 Å². The average Bonchev–Trinajstić information content (AvgIpc) is 2.34. The number of carbonyl (C=O) groups is 1. The Bertz CT molecular complexity index is 368. The van der Waals surface area contributed by atoms with Gasteiger partial charge in [-0.2, -0.15) is 0 Å². The lowest BCUT2D eigenvalue weighted by molar-refractivity contribution is -0.140. The van der Waals surface area contributed by atoms with Gasteiger partial charge in [-0.15, -0.1) is 0 Å². The predicted molar refractivity (Wildman–Crippen MR) is 66.6 cm³/mol. The molecule has 92 valence electrons. The van der Waals surface area contributed by atoms with Gasteiger partial charge in [0.25, 0.3) is 0 Å². The SMILES string of the molecule is CC(=O)OC/C(=C/CCc1ccccc1)CO. The van der Waals surface area contributed by atoms with Crippen LogP contribution in [0.1, 0.15) is 18.9 Å². The normalized spacial score (nSPS) is 11.3. The molecule has 3 heteroatoms. The average molecular weight is 234 g/mol. The predicted octanol–water partition coefficient (Wildman–Crippen LogP) is 2.10. The van der Waals surface area contributed by atoms with Gasteiger partial charge in [-0.3, -0.25) is 4.79 Å². The van der Waals surface area contributed by atoms with Gasteiger partial charge < -0.3 is 9.84 Å². The fourth-order valence-corrected chi connectivity index (χ4v) is 1.45. The molecule has 0 radical (unpaired) electrons. The number of aryl methyl sites for hydroxylation is 1. The molecule has 0 saturated carbocycles. The van der Waals surface area contributed by atoms with Gasteiger partial charge >= 0.3 is 5.97 Å². The van der Waals surface area contributed by atoms with E-state index in [4.69, 9.17) is 9.84 Å². The van der Waals surface area contributed by atoms with Crippen molar-refractivity contribution in [3.63, 3.8) is 0 Å². The Kier molecular flexibility index (Phi) is 6.04. The topological polar surface area (TPSA) is 46.5 Å². The number of carbonyl (C=O) groups excluding carboxylic acids is 1. The van der Waals surface area contributed by atoms with Gasteiger partial charge in [0.2, 0.25) is 0 Å². The monoisotopic (exact) mass is 234 g/mol. The van der Waals surface area contributed by atoms with Gasteiger partial charge in [0.05, 0.1) is 6.61 Å². The molecule has 0 unspecified atom stereocenters. The van der Waals surface area contributed by atoms with Crippen molar-refractivity contribution >= 4 is 5.97 Å². The van der Waals surface area contributed by atoms with Crippen LogP contribution in [0, 0.1) is 0 Å². The Labute approximate surface area is 102 Å². The number of aliphatic hydroxyl groups excluding tert-OH is 1. The van der Waals surface area contributed by atoms with Crippen molar-refractivity contribution in [1.29, 1.82) is 0 Å². The minimum Gasteiger partial charge on any atom is -0.461 e. The summed E-state index contributed by atoms with van der Waals surface area (Å²) < 4.78 is 4.83. The standard InChI is InChI=1S/C14H18O3/c1-12(16)17-11-14(10-15)9-5-8-13-6-3-2-4-7-13/h2-4,6-7,9,15H,5,8,10-11H2,1H3/b14-9+. The Morgan fingerprint density at radius 2 is 2.06 bits per heavy atom. The zero-order valence-electron chi connectivity index (χ0n) is 10.1. The molecule has 1 N–H and O–H groups in total. The summed E-state index contributed by atoms with van der Waals surface area (Å²) in [4.78, 5) is 10.6. The van der Waals surface area contributed by atoms with Gasteiger partial charge in [-0.25, -0.2) is 0 Å². The summed E-state index contributed by atoms with van der Waals surface area (Å²) in [6.45, 7) is 1.47. The molecular formula is C14H18O3. The lowest BCUT2D eigenvalue weighted by Gasteiger charge is -2.04. The van der Waals surface area contributed by atoms with E-state index >= 15 is 0 Å². The molecule has 0 aromatic heterocycles. The summed E-state index contributed by atoms with van der Waals surface area (Å²) in [6.07, 6.45) is 3.68. The first-order valence-corrected chi connectivity index (χ1v) is 5.68. The summed E-state index contributed by atoms with van der Waals surface area (Å²) in [7, 11) is 0. The number of esters is 1. The van der Waals surface area contributed by atoms with E-state index in [0.29, 0.717) is 0 Å². The van der Waals surface area contributed by atoms with Gasteiger partial charge in [-0.05, 0) is 24.0 Å². The summed E-state index contributed by atoms with van der Waals surface area (Å²) in [6, 6.07) is 10.1. The van der Waals surface area contributed by atoms with E-state index in [9.17, 15) is 4.79 Å². The van der Waals surface area contributed by atoms with Crippen LogP contribution in [-0.4, -0.2) is 24.3 Å². The maximum absolute atomic E-state index is 10.6. The smallest absolute Gasteiger partial charge is 0.302 e. The first kappa shape index (κ1) is 13.5. The van der Waals surface area contributed by atoms with Crippen molar-refractivity contribution in [2.75, 3.05) is 13.2 Å². The van der Waals surface area contributed by atoms with Crippen molar-refractivity contribution in [2.45, 2.75) is 19.8 Å². The summed E-state index contributed by atoms with van der Waals surface area (Å²) in [5.41, 5.74) is 2.00. The van der Waals surface area contributed by atoms with Crippen LogP contribution in [0.25, 0.3) is 0 Å². The number of benzene rings is 1. The number of ether oxygens (including phenoxy) is 1. The molecule has 0 spiro atoms. The lowest BCUT2D eigenvalue weighted by atomic mass is 10.1. The summed E-state index contributed by atoms with van der Waals surface area (Å²) >= 11 is 0. The fourth-order valence-electron chi connectivity index (χ4n) is 1.45. The van der Waals surface area contributed by atoms with Gasteiger partial charge in [0.1, 0.15) is 6.61 Å². The van der Waals surface area contributed by atoms with E-state index in [0.717, 1.165) is 18.4 Å². The van der Waals surface area contributed by atoms with Crippen LogP contribution < -0.4 is 0 Å². The minimum atomic E-state index is -0.326. The first-order valence-electron chi connectivity index (χ1n) is 5.68. The molecule has 0 aliphatic carbocycles. The Balaban J connectivity index is 2.37. The highest BCUT2D eigenvalue weighted by molar-refractivity contribution is 5.66. The maximum atomic E-state index is 10.6. The maximum Gasteiger partial charge on any atom is 0.302 e. The van der Waals surface area contributed by atoms with E-state index in [1.807, 2.05) is 24.3 Å². The van der Waals surface area contributed by atoms with E-state index in [-0.39, 0.29) is 19.2 Å². The molecule has 0 aliphatic heterocycles. The van der Waals surface area contributed by atoms with E-state index < -0.39 is 0 Å². The third-order valence-electron chi connectivity index (χ3n) is 2.37. The number of aliphatic hydroxyl groups is 1. The van der Waals surface area contributed by atoms with Crippen molar-refractivity contribution in [1.82, 2.24) is 0 Å². The minimum absolute atomic E-state index is 0.0674. The van der Waals surface area contributed by atoms with E-state index in [2.05, 4.69) is 12.1 Å². The molecule has 0 saturated heterocycles. The number of hydrogen-bond acceptors (Lipinski definition) is 3. The van der Waals surface area contributed by atoms with Gasteiger partial charge in [0.15, 0.2) is 0 Å². The summed E-state index contributed by atoms with van der Waals surface area (Å²) in [5, 5.41) is 9.08. The van der Waals surface area contributed by atoms with Crippen molar-refractivity contribution in [3.8, 4) is 0 Å². The molecule has 1 aromatic rings. The molecule has 17 heavy (non-hydrogen) atoms. The molecule has 0 heterocycles. The van der Waals surface area contributed by atoms with Crippen molar-refractivity contribution in [2.24, 2.45) is 0 Å². The first-order chi connectivity index (χ1) is 8.22. The molecule has 0 amide bonds. The molecule has 0 aliphatic rings. The highest BCUT2D eigenvalue weighted by atomic mass is 16.5. The second kappa shape index (κ2) is 7.63. The number of rotatable bonds is 6. The largest absolute Gasteiger partial charge is 0.461 e. The second-order valence-corrected chi connectivity index (χ2v) is 3.83. The Hall–Kier alpha value is -1.61. The van der Waals surface area contributed by atoms with Crippen LogP contribution >= 0.6 is 0 Å². The van der Waals surface area contributed by atoms with Crippen LogP contribution in [0.3, 0.4) is 0 Å². The zero-order chi connectivity index (χ0) is 12.5. The fraction of sp³-hybridized carbons (Fsp3) is 0.357. The third-order valence-corrected chi connectivity index (χ3v) is 2.37. The third kappa shape index (κ3) is 5.88. The number of hydrogen-bond donors (Lipinski definition) is 1. The second-order valence-electron chi connectivity index (χ2n) is 3.83. The lowest BCUT2D eigenvalue weighted by Crippen LogP contribution is -2.06. The highest BCUT2D eigenvalue weighted by Crippen LogP contribution is 2.05. The zero-order valence-corrected chi connectivity index (χ0v) is 10.1. The highest BCUT2D eigenvalue weighted by Gasteiger charge is 1.98. The quantitative estimate of drug-likeness (QED) is 0.605. The molecule has 0 bridgehead atoms. The summed E-state index contributed by atoms with van der Waals surface area (Å²) in [5.74, 6) is -0.326. The van der Waals surface area contributed by atoms with Crippen LogP contribution in [0.2, 0.25) is 0 Å². The molecular weight excluding hydrogens is 216 g/mol. The number of allylic oxidation sites excluding steroid dienone is 1. The molecule has 3 nitrogen and oxygen atoms in total. The van der Waals surface area contributed by atoms with Crippen LogP contribution in [0.5, 0.6) is 0 Å². The Morgan fingerprint density at radius 3 is 2.65 bits per heavy atom. The van der Waals surface area contributed by atoms with E-state index in [1.165, 1.54) is 12.5 Å². The molecule has 0 fully saturated rings. The van der Waals surface area contributed by atoms with Crippen LogP contribution in [0.4, 0.5) is 0 Å².